The highest BCUT2D eigenvalue weighted by atomic mass is 79.9. The number of hydrogen-bond donors (Lipinski definition) is 1. The summed E-state index contributed by atoms with van der Waals surface area (Å²) in [5, 5.41) is 9.46. The SMILES string of the molecule is CCN(CC)C(=O)c1ccc(Br)c(O)c1. The number of rotatable bonds is 3. The molecule has 1 rings (SSSR count). The largest absolute Gasteiger partial charge is 0.507 e. The fraction of sp³-hybridized carbons (Fsp3) is 0.364. The Bertz CT molecular complexity index is 362. The molecule has 0 aliphatic rings. The molecule has 4 heteroatoms. The molecule has 1 N–H and O–H groups in total. The molecule has 0 aromatic heterocycles. The molecule has 15 heavy (non-hydrogen) atoms. The highest BCUT2D eigenvalue weighted by Gasteiger charge is 2.13. The molecule has 1 aromatic rings. The van der Waals surface area contributed by atoms with Crippen LogP contribution in [-0.4, -0.2) is 29.0 Å². The van der Waals surface area contributed by atoms with Crippen LogP contribution in [0.5, 0.6) is 5.75 Å². The van der Waals surface area contributed by atoms with Crippen LogP contribution < -0.4 is 0 Å². The van der Waals surface area contributed by atoms with Gasteiger partial charge in [0.25, 0.3) is 5.91 Å². The van der Waals surface area contributed by atoms with E-state index in [0.29, 0.717) is 23.1 Å². The van der Waals surface area contributed by atoms with Crippen LogP contribution in [0.1, 0.15) is 24.2 Å². The summed E-state index contributed by atoms with van der Waals surface area (Å²) in [6.07, 6.45) is 0. The van der Waals surface area contributed by atoms with E-state index < -0.39 is 0 Å². The van der Waals surface area contributed by atoms with Crippen LogP contribution in [-0.2, 0) is 0 Å². The molecule has 0 unspecified atom stereocenters. The van der Waals surface area contributed by atoms with E-state index in [0.717, 1.165) is 0 Å². The number of benzene rings is 1. The van der Waals surface area contributed by atoms with Gasteiger partial charge in [0.1, 0.15) is 5.75 Å². The molecule has 0 heterocycles. The first kappa shape index (κ1) is 12.0. The Kier molecular flexibility index (Phi) is 4.15. The maximum Gasteiger partial charge on any atom is 0.253 e. The van der Waals surface area contributed by atoms with Crippen molar-refractivity contribution in [1.29, 1.82) is 0 Å². The van der Waals surface area contributed by atoms with Crippen molar-refractivity contribution in [3.63, 3.8) is 0 Å². The summed E-state index contributed by atoms with van der Waals surface area (Å²) in [6, 6.07) is 4.85. The minimum atomic E-state index is -0.0530. The molecule has 0 atom stereocenters. The molecular weight excluding hydrogens is 258 g/mol. The van der Waals surface area contributed by atoms with E-state index in [-0.39, 0.29) is 11.7 Å². The van der Waals surface area contributed by atoms with E-state index in [1.165, 1.54) is 6.07 Å². The standard InChI is InChI=1S/C11H14BrNO2/c1-3-13(4-2)11(15)8-5-6-9(12)10(14)7-8/h5-7,14H,3-4H2,1-2H3. The van der Waals surface area contributed by atoms with Gasteiger partial charge in [-0.25, -0.2) is 0 Å². The number of phenolic OH excluding ortho intramolecular Hbond substituents is 1. The first-order valence-corrected chi connectivity index (χ1v) is 5.67. The first-order valence-electron chi connectivity index (χ1n) is 4.88. The van der Waals surface area contributed by atoms with Crippen molar-refractivity contribution in [3.8, 4) is 5.75 Å². The van der Waals surface area contributed by atoms with E-state index in [1.54, 1.807) is 17.0 Å². The van der Waals surface area contributed by atoms with Gasteiger partial charge in [-0.1, -0.05) is 0 Å². The monoisotopic (exact) mass is 271 g/mol. The van der Waals surface area contributed by atoms with Crippen LogP contribution in [0.2, 0.25) is 0 Å². The summed E-state index contributed by atoms with van der Waals surface area (Å²) in [5.74, 6) is 0.0378. The van der Waals surface area contributed by atoms with Gasteiger partial charge in [-0.15, -0.1) is 0 Å². The van der Waals surface area contributed by atoms with E-state index in [2.05, 4.69) is 15.9 Å². The normalized spacial score (nSPS) is 10.1. The topological polar surface area (TPSA) is 40.5 Å². The average molecular weight is 272 g/mol. The summed E-state index contributed by atoms with van der Waals surface area (Å²) in [5.41, 5.74) is 0.513. The van der Waals surface area contributed by atoms with E-state index in [9.17, 15) is 9.90 Å². The number of phenols is 1. The average Bonchev–Trinajstić information content (AvgIpc) is 2.23. The third-order valence-corrected chi connectivity index (χ3v) is 2.91. The van der Waals surface area contributed by atoms with Crippen molar-refractivity contribution in [3.05, 3.63) is 28.2 Å². The zero-order valence-corrected chi connectivity index (χ0v) is 10.4. The smallest absolute Gasteiger partial charge is 0.253 e. The van der Waals surface area contributed by atoms with E-state index in [4.69, 9.17) is 0 Å². The highest BCUT2D eigenvalue weighted by molar-refractivity contribution is 9.10. The number of halogens is 1. The second-order valence-electron chi connectivity index (χ2n) is 3.14. The third kappa shape index (κ3) is 2.72. The minimum Gasteiger partial charge on any atom is -0.507 e. The zero-order chi connectivity index (χ0) is 11.4. The molecule has 82 valence electrons. The quantitative estimate of drug-likeness (QED) is 0.918. The molecule has 0 aliphatic carbocycles. The zero-order valence-electron chi connectivity index (χ0n) is 8.83. The van der Waals surface area contributed by atoms with Crippen molar-refractivity contribution in [2.45, 2.75) is 13.8 Å². The van der Waals surface area contributed by atoms with Crippen LogP contribution >= 0.6 is 15.9 Å². The summed E-state index contributed by atoms with van der Waals surface area (Å²) in [4.78, 5) is 13.6. The highest BCUT2D eigenvalue weighted by Crippen LogP contribution is 2.24. The Hall–Kier alpha value is -1.03. The van der Waals surface area contributed by atoms with Gasteiger partial charge < -0.3 is 10.0 Å². The van der Waals surface area contributed by atoms with Crippen LogP contribution in [0, 0.1) is 0 Å². The maximum absolute atomic E-state index is 11.9. The van der Waals surface area contributed by atoms with Crippen LogP contribution in [0.25, 0.3) is 0 Å². The van der Waals surface area contributed by atoms with Gasteiger partial charge in [0, 0.05) is 18.7 Å². The number of carbonyl (C=O) groups excluding carboxylic acids is 1. The summed E-state index contributed by atoms with van der Waals surface area (Å²) < 4.78 is 0.596. The van der Waals surface area contributed by atoms with Gasteiger partial charge in [-0.3, -0.25) is 4.79 Å². The molecule has 1 aromatic carbocycles. The lowest BCUT2D eigenvalue weighted by atomic mass is 10.2. The third-order valence-electron chi connectivity index (χ3n) is 2.24. The van der Waals surface area contributed by atoms with Gasteiger partial charge in [0.2, 0.25) is 0 Å². The molecule has 0 bridgehead atoms. The van der Waals surface area contributed by atoms with Gasteiger partial charge in [-0.2, -0.15) is 0 Å². The molecule has 3 nitrogen and oxygen atoms in total. The fourth-order valence-electron chi connectivity index (χ4n) is 1.34. The molecule has 0 saturated carbocycles. The van der Waals surface area contributed by atoms with Gasteiger partial charge in [-0.05, 0) is 48.0 Å². The van der Waals surface area contributed by atoms with E-state index in [1.807, 2.05) is 13.8 Å². The molecular formula is C11H14BrNO2. The molecule has 0 aliphatic heterocycles. The number of hydrogen-bond acceptors (Lipinski definition) is 2. The Morgan fingerprint density at radius 3 is 2.47 bits per heavy atom. The lowest BCUT2D eigenvalue weighted by Gasteiger charge is -2.18. The Balaban J connectivity index is 2.96. The molecule has 0 saturated heterocycles. The lowest BCUT2D eigenvalue weighted by Crippen LogP contribution is -2.30. The first-order chi connectivity index (χ1) is 7.10. The van der Waals surface area contributed by atoms with Crippen molar-refractivity contribution in [1.82, 2.24) is 4.90 Å². The summed E-state index contributed by atoms with van der Waals surface area (Å²) in [6.45, 7) is 5.21. The van der Waals surface area contributed by atoms with Gasteiger partial charge in [0.15, 0.2) is 0 Å². The second-order valence-corrected chi connectivity index (χ2v) is 4.00. The van der Waals surface area contributed by atoms with Gasteiger partial charge >= 0.3 is 0 Å². The fourth-order valence-corrected chi connectivity index (χ4v) is 1.59. The number of aromatic hydroxyl groups is 1. The predicted molar refractivity (Wildman–Crippen MR) is 63.1 cm³/mol. The van der Waals surface area contributed by atoms with Crippen molar-refractivity contribution in [2.24, 2.45) is 0 Å². The lowest BCUT2D eigenvalue weighted by molar-refractivity contribution is 0.0772. The van der Waals surface area contributed by atoms with Crippen LogP contribution in [0.4, 0.5) is 0 Å². The van der Waals surface area contributed by atoms with Crippen molar-refractivity contribution < 1.29 is 9.90 Å². The minimum absolute atomic E-state index is 0.0530. The van der Waals surface area contributed by atoms with Crippen LogP contribution in [0.15, 0.2) is 22.7 Å². The predicted octanol–water partition coefficient (Wildman–Crippen LogP) is 2.64. The summed E-state index contributed by atoms with van der Waals surface area (Å²) in [7, 11) is 0. The number of carbonyl (C=O) groups is 1. The maximum atomic E-state index is 11.9. The molecule has 0 fully saturated rings. The van der Waals surface area contributed by atoms with Crippen molar-refractivity contribution in [2.75, 3.05) is 13.1 Å². The van der Waals surface area contributed by atoms with Gasteiger partial charge in [0.05, 0.1) is 4.47 Å². The van der Waals surface area contributed by atoms with Crippen molar-refractivity contribution >= 4 is 21.8 Å². The Morgan fingerprint density at radius 2 is 2.00 bits per heavy atom. The van der Waals surface area contributed by atoms with E-state index >= 15 is 0 Å². The summed E-state index contributed by atoms with van der Waals surface area (Å²) >= 11 is 3.17. The molecule has 0 spiro atoms. The second kappa shape index (κ2) is 5.16. The number of amides is 1. The Labute approximate surface area is 97.8 Å². The Morgan fingerprint density at radius 1 is 1.40 bits per heavy atom. The number of nitrogens with zero attached hydrogens (tertiary/aromatic N) is 1. The van der Waals surface area contributed by atoms with Crippen LogP contribution in [0.3, 0.4) is 0 Å². The molecule has 1 amide bonds. The molecule has 0 radical (unpaired) electrons.